The number of hydrogen-bond acceptors (Lipinski definition) is 4. The zero-order valence-corrected chi connectivity index (χ0v) is 13.9. The van der Waals surface area contributed by atoms with Crippen molar-refractivity contribution in [3.8, 4) is 0 Å². The number of halogens is 1. The van der Waals surface area contributed by atoms with Crippen molar-refractivity contribution in [2.75, 3.05) is 18.0 Å². The van der Waals surface area contributed by atoms with E-state index in [9.17, 15) is 4.79 Å². The second-order valence-electron chi connectivity index (χ2n) is 5.81. The topological polar surface area (TPSA) is 45.2 Å². The maximum atomic E-state index is 11.9. The molecule has 1 N–H and O–H groups in total. The van der Waals surface area contributed by atoms with E-state index in [1.54, 1.807) is 0 Å². The molecule has 3 heterocycles. The van der Waals surface area contributed by atoms with Crippen molar-refractivity contribution in [3.05, 3.63) is 44.4 Å². The molecule has 0 aliphatic carbocycles. The summed E-state index contributed by atoms with van der Waals surface area (Å²) in [6.45, 7) is 4.55. The summed E-state index contributed by atoms with van der Waals surface area (Å²) in [4.78, 5) is 19.7. The van der Waals surface area contributed by atoms with E-state index in [4.69, 9.17) is 16.6 Å². The average Bonchev–Trinajstić information content (AvgIpc) is 2.92. The van der Waals surface area contributed by atoms with Crippen molar-refractivity contribution in [3.63, 3.8) is 0 Å². The number of amides is 1. The summed E-state index contributed by atoms with van der Waals surface area (Å²) < 4.78 is 0. The normalized spacial score (nSPS) is 17.0. The molecule has 4 nitrogen and oxygen atoms in total. The van der Waals surface area contributed by atoms with Gasteiger partial charge in [-0.15, -0.1) is 0 Å². The molecule has 2 aromatic rings. The van der Waals surface area contributed by atoms with E-state index < -0.39 is 0 Å². The van der Waals surface area contributed by atoms with E-state index >= 15 is 0 Å². The molecule has 4 rings (SSSR count). The van der Waals surface area contributed by atoms with Crippen molar-refractivity contribution in [1.82, 2.24) is 10.3 Å². The van der Waals surface area contributed by atoms with Crippen LogP contribution in [0, 0.1) is 6.92 Å². The molecular weight excluding hydrogens is 318 g/mol. The lowest BCUT2D eigenvalue weighted by molar-refractivity contribution is 0.0950. The van der Waals surface area contributed by atoms with Crippen LogP contribution < -0.4 is 10.2 Å². The lowest BCUT2D eigenvalue weighted by atomic mass is 9.96. The second kappa shape index (κ2) is 5.25. The number of carbonyl (C=O) groups is 1. The average molecular weight is 334 g/mol. The highest BCUT2D eigenvalue weighted by Crippen LogP contribution is 2.33. The molecule has 1 aromatic heterocycles. The Morgan fingerprint density at radius 3 is 3.05 bits per heavy atom. The molecule has 2 aliphatic heterocycles. The molecule has 22 heavy (non-hydrogen) atoms. The molecule has 0 spiro atoms. The van der Waals surface area contributed by atoms with Crippen molar-refractivity contribution in [2.45, 2.75) is 26.3 Å². The molecule has 0 unspecified atom stereocenters. The van der Waals surface area contributed by atoms with E-state index in [1.807, 2.05) is 6.07 Å². The van der Waals surface area contributed by atoms with Crippen LogP contribution in [0.15, 0.2) is 12.1 Å². The Balaban J connectivity index is 1.67. The maximum Gasteiger partial charge on any atom is 0.263 e. The Kier molecular flexibility index (Phi) is 3.35. The molecular formula is C16H16ClN3OS. The number of nitrogens with one attached hydrogen (secondary N) is 1. The molecule has 2 aliphatic rings. The van der Waals surface area contributed by atoms with Gasteiger partial charge in [-0.2, -0.15) is 0 Å². The predicted molar refractivity (Wildman–Crippen MR) is 89.1 cm³/mol. The molecule has 1 amide bonds. The minimum absolute atomic E-state index is 0.0189. The van der Waals surface area contributed by atoms with Crippen LogP contribution in [0.5, 0.6) is 0 Å². The lowest BCUT2D eigenvalue weighted by Crippen LogP contribution is -2.31. The van der Waals surface area contributed by atoms with E-state index in [1.165, 1.54) is 28.0 Å². The first-order chi connectivity index (χ1) is 10.6. The van der Waals surface area contributed by atoms with Gasteiger partial charge in [0.2, 0.25) is 0 Å². The first kappa shape index (κ1) is 14.0. The van der Waals surface area contributed by atoms with Crippen LogP contribution in [0.2, 0.25) is 5.02 Å². The second-order valence-corrected chi connectivity index (χ2v) is 7.22. The monoisotopic (exact) mass is 333 g/mol. The smallest absolute Gasteiger partial charge is 0.263 e. The minimum atomic E-state index is 0.0189. The predicted octanol–water partition coefficient (Wildman–Crippen LogP) is 2.95. The number of anilines is 1. The number of fused-ring (bicyclic) bond motifs is 2. The van der Waals surface area contributed by atoms with Gasteiger partial charge in [-0.05, 0) is 42.2 Å². The number of benzene rings is 1. The first-order valence-electron chi connectivity index (χ1n) is 7.42. The van der Waals surface area contributed by atoms with Gasteiger partial charge in [0.1, 0.15) is 4.88 Å². The number of carbonyl (C=O) groups excluding carboxylic acids is 1. The van der Waals surface area contributed by atoms with Crippen molar-refractivity contribution in [1.29, 1.82) is 0 Å². The molecule has 114 valence electrons. The molecule has 1 aromatic carbocycles. The van der Waals surface area contributed by atoms with Gasteiger partial charge in [0.05, 0.1) is 5.69 Å². The summed E-state index contributed by atoms with van der Waals surface area (Å²) in [5.41, 5.74) is 4.85. The third-order valence-corrected chi connectivity index (χ3v) is 5.72. The van der Waals surface area contributed by atoms with Gasteiger partial charge in [0.15, 0.2) is 5.13 Å². The molecule has 0 radical (unpaired) electrons. The fraction of sp³-hybridized carbons (Fsp3) is 0.375. The third-order valence-electron chi connectivity index (χ3n) is 4.34. The Labute approximate surface area is 138 Å². The summed E-state index contributed by atoms with van der Waals surface area (Å²) in [5, 5.41) is 4.66. The van der Waals surface area contributed by atoms with Crippen molar-refractivity contribution >= 4 is 34.0 Å². The Morgan fingerprint density at radius 1 is 1.36 bits per heavy atom. The zero-order valence-electron chi connectivity index (χ0n) is 12.3. The van der Waals surface area contributed by atoms with Crippen molar-refractivity contribution in [2.24, 2.45) is 0 Å². The molecule has 0 bridgehead atoms. The van der Waals surface area contributed by atoms with Gasteiger partial charge in [-0.25, -0.2) is 4.98 Å². The van der Waals surface area contributed by atoms with Crippen LogP contribution in [0.25, 0.3) is 0 Å². The van der Waals surface area contributed by atoms with Crippen LogP contribution in [0.3, 0.4) is 0 Å². The first-order valence-corrected chi connectivity index (χ1v) is 8.62. The minimum Gasteiger partial charge on any atom is -0.351 e. The molecule has 6 heteroatoms. The number of thiazole rings is 1. The van der Waals surface area contributed by atoms with Gasteiger partial charge in [-0.3, -0.25) is 4.79 Å². The Morgan fingerprint density at radius 2 is 2.23 bits per heavy atom. The highest BCUT2D eigenvalue weighted by molar-refractivity contribution is 7.17. The van der Waals surface area contributed by atoms with E-state index in [-0.39, 0.29) is 5.91 Å². The summed E-state index contributed by atoms with van der Waals surface area (Å²) in [6, 6.07) is 4.09. The quantitative estimate of drug-likeness (QED) is 0.872. The van der Waals surface area contributed by atoms with Crippen molar-refractivity contribution < 1.29 is 4.79 Å². The number of nitrogens with zero attached hydrogens (tertiary/aromatic N) is 2. The molecule has 0 atom stereocenters. The van der Waals surface area contributed by atoms with Gasteiger partial charge in [0.25, 0.3) is 5.91 Å². The number of aryl methyl sites for hydroxylation is 1. The fourth-order valence-electron chi connectivity index (χ4n) is 3.18. The lowest BCUT2D eigenvalue weighted by Gasteiger charge is -2.29. The van der Waals surface area contributed by atoms with E-state index in [2.05, 4.69) is 23.2 Å². The third kappa shape index (κ3) is 2.29. The molecule has 0 saturated carbocycles. The van der Waals surface area contributed by atoms with Gasteiger partial charge in [0, 0.05) is 31.1 Å². The molecule has 0 saturated heterocycles. The molecule has 0 fully saturated rings. The van der Waals surface area contributed by atoms with Crippen LogP contribution in [-0.4, -0.2) is 24.0 Å². The SMILES string of the molecule is Cc1cc(Cl)cc2c1CN(c1nc3c(s1)C(=O)NCC3)CC2. The van der Waals surface area contributed by atoms with E-state index in [0.29, 0.717) is 6.54 Å². The van der Waals surface area contributed by atoms with Gasteiger partial charge < -0.3 is 10.2 Å². The van der Waals surface area contributed by atoms with Gasteiger partial charge in [-0.1, -0.05) is 22.9 Å². The zero-order chi connectivity index (χ0) is 15.3. The number of rotatable bonds is 1. The maximum absolute atomic E-state index is 11.9. The standard InChI is InChI=1S/C16H16ClN3OS/c1-9-6-11(17)7-10-3-5-20(8-12(9)10)16-19-13-2-4-18-15(21)14(13)22-16/h6-7H,2-5,8H2,1H3,(H,18,21). The summed E-state index contributed by atoms with van der Waals surface area (Å²) in [5.74, 6) is 0.0189. The number of hydrogen-bond donors (Lipinski definition) is 1. The Bertz CT molecular complexity index is 771. The van der Waals surface area contributed by atoms with Crippen LogP contribution >= 0.6 is 22.9 Å². The van der Waals surface area contributed by atoms with E-state index in [0.717, 1.165) is 46.7 Å². The summed E-state index contributed by atoms with van der Waals surface area (Å²) in [6.07, 6.45) is 1.80. The largest absolute Gasteiger partial charge is 0.351 e. The Hall–Kier alpha value is -1.59. The van der Waals surface area contributed by atoms with Gasteiger partial charge >= 0.3 is 0 Å². The van der Waals surface area contributed by atoms with Crippen LogP contribution in [0.4, 0.5) is 5.13 Å². The van der Waals surface area contributed by atoms with Crippen LogP contribution in [0.1, 0.15) is 32.1 Å². The summed E-state index contributed by atoms with van der Waals surface area (Å²) >= 11 is 7.66. The fourth-order valence-corrected chi connectivity index (χ4v) is 4.53. The summed E-state index contributed by atoms with van der Waals surface area (Å²) in [7, 11) is 0. The highest BCUT2D eigenvalue weighted by Gasteiger charge is 2.26. The highest BCUT2D eigenvalue weighted by atomic mass is 35.5. The van der Waals surface area contributed by atoms with Crippen LogP contribution in [-0.2, 0) is 19.4 Å². The number of aromatic nitrogens is 1.